The fourth-order valence-electron chi connectivity index (χ4n) is 2.40. The highest BCUT2D eigenvalue weighted by Gasteiger charge is 2.16. The predicted octanol–water partition coefficient (Wildman–Crippen LogP) is 4.45. The third-order valence-corrected chi connectivity index (χ3v) is 3.16. The average Bonchev–Trinajstić information content (AvgIpc) is 2.71. The summed E-state index contributed by atoms with van der Waals surface area (Å²) in [6.07, 6.45) is 0. The molecule has 1 aromatic carbocycles. The van der Waals surface area contributed by atoms with E-state index < -0.39 is 0 Å². The van der Waals surface area contributed by atoms with Gasteiger partial charge in [0.2, 0.25) is 0 Å². The van der Waals surface area contributed by atoms with Crippen LogP contribution in [0, 0.1) is 5.92 Å². The maximum atomic E-state index is 11.7. The highest BCUT2D eigenvalue weighted by molar-refractivity contribution is 6.01. The minimum atomic E-state index is 0.114. The number of Topliss-reactive ketones (excluding diaryl/α,β-unsaturated/α-hetero) is 1. The van der Waals surface area contributed by atoms with Gasteiger partial charge < -0.3 is 4.42 Å². The summed E-state index contributed by atoms with van der Waals surface area (Å²) in [5.74, 6) is 1.11. The van der Waals surface area contributed by atoms with E-state index >= 15 is 0 Å². The predicted molar refractivity (Wildman–Crippen MR) is 74.3 cm³/mol. The van der Waals surface area contributed by atoms with Crippen molar-refractivity contribution in [2.45, 2.75) is 27.7 Å². The fourth-order valence-corrected chi connectivity index (χ4v) is 2.40. The summed E-state index contributed by atoms with van der Waals surface area (Å²) in [6.45, 7) is 7.63. The Balaban J connectivity index is 2.58. The SMILES string of the molecule is CC(=O)C(=C(C)c1cc2ccccc2o1)C(C)C. The third-order valence-electron chi connectivity index (χ3n) is 3.16. The first-order valence-electron chi connectivity index (χ1n) is 6.21. The van der Waals surface area contributed by atoms with Crippen LogP contribution in [0.2, 0.25) is 0 Å². The van der Waals surface area contributed by atoms with Crippen LogP contribution in [-0.2, 0) is 4.79 Å². The second-order valence-corrected chi connectivity index (χ2v) is 4.90. The first-order chi connectivity index (χ1) is 8.50. The second-order valence-electron chi connectivity index (χ2n) is 4.90. The molecule has 0 aliphatic heterocycles. The van der Waals surface area contributed by atoms with Gasteiger partial charge in [-0.3, -0.25) is 4.79 Å². The molecule has 0 saturated carbocycles. The lowest BCUT2D eigenvalue weighted by molar-refractivity contribution is -0.114. The van der Waals surface area contributed by atoms with Crippen LogP contribution in [0.15, 0.2) is 40.3 Å². The van der Waals surface area contributed by atoms with Gasteiger partial charge in [0, 0.05) is 11.0 Å². The quantitative estimate of drug-likeness (QED) is 0.744. The van der Waals surface area contributed by atoms with E-state index in [2.05, 4.69) is 0 Å². The molecule has 0 aliphatic carbocycles. The van der Waals surface area contributed by atoms with Crippen LogP contribution >= 0.6 is 0 Å². The molecule has 1 heterocycles. The molecule has 0 spiro atoms. The molecule has 2 heteroatoms. The van der Waals surface area contributed by atoms with Gasteiger partial charge >= 0.3 is 0 Å². The first kappa shape index (κ1) is 12.6. The lowest BCUT2D eigenvalue weighted by Gasteiger charge is -2.11. The number of rotatable bonds is 3. The topological polar surface area (TPSA) is 30.2 Å². The smallest absolute Gasteiger partial charge is 0.156 e. The maximum absolute atomic E-state index is 11.7. The summed E-state index contributed by atoms with van der Waals surface area (Å²) in [5, 5.41) is 1.07. The largest absolute Gasteiger partial charge is 0.456 e. The minimum absolute atomic E-state index is 0.114. The summed E-state index contributed by atoms with van der Waals surface area (Å²) in [4.78, 5) is 11.7. The lowest BCUT2D eigenvalue weighted by atomic mass is 9.93. The molecule has 0 fully saturated rings. The number of carbonyl (C=O) groups is 1. The van der Waals surface area contributed by atoms with Crippen molar-refractivity contribution in [3.8, 4) is 0 Å². The summed E-state index contributed by atoms with van der Waals surface area (Å²) < 4.78 is 5.80. The zero-order valence-corrected chi connectivity index (χ0v) is 11.3. The molecule has 0 aliphatic rings. The molecular formula is C16H18O2. The molecule has 0 bridgehead atoms. The Morgan fingerprint density at radius 2 is 1.83 bits per heavy atom. The Hall–Kier alpha value is -1.83. The highest BCUT2D eigenvalue weighted by Crippen LogP contribution is 2.29. The van der Waals surface area contributed by atoms with E-state index in [1.807, 2.05) is 51.1 Å². The van der Waals surface area contributed by atoms with E-state index in [0.29, 0.717) is 0 Å². The standard InChI is InChI=1S/C16H18O2/c1-10(2)16(12(4)17)11(3)15-9-13-7-5-6-8-14(13)18-15/h5-10H,1-4H3. The Labute approximate surface area is 107 Å². The Morgan fingerprint density at radius 3 is 2.39 bits per heavy atom. The number of furan rings is 1. The number of carbonyl (C=O) groups excluding carboxylic acids is 1. The lowest BCUT2D eigenvalue weighted by Crippen LogP contribution is -2.06. The van der Waals surface area contributed by atoms with Gasteiger partial charge in [-0.05, 0) is 37.5 Å². The second kappa shape index (κ2) is 4.81. The normalized spacial score (nSPS) is 12.9. The molecular weight excluding hydrogens is 224 g/mol. The van der Waals surface area contributed by atoms with E-state index in [1.54, 1.807) is 6.92 Å². The highest BCUT2D eigenvalue weighted by atomic mass is 16.3. The van der Waals surface area contributed by atoms with Crippen LogP contribution < -0.4 is 0 Å². The number of benzene rings is 1. The zero-order chi connectivity index (χ0) is 13.3. The summed E-state index contributed by atoms with van der Waals surface area (Å²) in [6, 6.07) is 9.88. The van der Waals surface area contributed by atoms with E-state index in [1.165, 1.54) is 0 Å². The van der Waals surface area contributed by atoms with Crippen molar-refractivity contribution in [3.63, 3.8) is 0 Å². The van der Waals surface area contributed by atoms with E-state index in [-0.39, 0.29) is 11.7 Å². The van der Waals surface area contributed by atoms with Gasteiger partial charge in [-0.2, -0.15) is 0 Å². The number of hydrogen-bond donors (Lipinski definition) is 0. The average molecular weight is 242 g/mol. The molecule has 2 rings (SSSR count). The molecule has 2 nitrogen and oxygen atoms in total. The molecule has 18 heavy (non-hydrogen) atoms. The molecule has 0 radical (unpaired) electrons. The van der Waals surface area contributed by atoms with Crippen LogP contribution in [0.3, 0.4) is 0 Å². The van der Waals surface area contributed by atoms with Crippen molar-refractivity contribution in [2.24, 2.45) is 5.92 Å². The van der Waals surface area contributed by atoms with Crippen LogP contribution in [-0.4, -0.2) is 5.78 Å². The number of hydrogen-bond acceptors (Lipinski definition) is 2. The Morgan fingerprint density at radius 1 is 1.17 bits per heavy atom. The van der Waals surface area contributed by atoms with Gasteiger partial charge in [-0.15, -0.1) is 0 Å². The van der Waals surface area contributed by atoms with Gasteiger partial charge in [0.1, 0.15) is 11.3 Å². The van der Waals surface area contributed by atoms with Gasteiger partial charge in [-0.25, -0.2) is 0 Å². The summed E-state index contributed by atoms with van der Waals surface area (Å²) in [7, 11) is 0. The molecule has 1 aromatic heterocycles. The van der Waals surface area contributed by atoms with Crippen molar-refractivity contribution < 1.29 is 9.21 Å². The van der Waals surface area contributed by atoms with Crippen molar-refractivity contribution in [1.82, 2.24) is 0 Å². The third kappa shape index (κ3) is 2.23. The molecule has 0 unspecified atom stereocenters. The molecule has 0 saturated heterocycles. The van der Waals surface area contributed by atoms with E-state index in [0.717, 1.165) is 27.9 Å². The van der Waals surface area contributed by atoms with Crippen molar-refractivity contribution in [2.75, 3.05) is 0 Å². The van der Waals surface area contributed by atoms with Crippen molar-refractivity contribution in [3.05, 3.63) is 41.7 Å². The van der Waals surface area contributed by atoms with Crippen LogP contribution in [0.4, 0.5) is 0 Å². The monoisotopic (exact) mass is 242 g/mol. The number of fused-ring (bicyclic) bond motifs is 1. The maximum Gasteiger partial charge on any atom is 0.156 e. The number of para-hydroxylation sites is 1. The minimum Gasteiger partial charge on any atom is -0.456 e. The summed E-state index contributed by atoms with van der Waals surface area (Å²) in [5.41, 5.74) is 2.64. The van der Waals surface area contributed by atoms with Crippen molar-refractivity contribution >= 4 is 22.3 Å². The van der Waals surface area contributed by atoms with Crippen molar-refractivity contribution in [1.29, 1.82) is 0 Å². The molecule has 0 N–H and O–H groups in total. The van der Waals surface area contributed by atoms with E-state index in [9.17, 15) is 4.79 Å². The van der Waals surface area contributed by atoms with Gasteiger partial charge in [0.15, 0.2) is 5.78 Å². The Kier molecular flexibility index (Phi) is 3.37. The van der Waals surface area contributed by atoms with Gasteiger partial charge in [0.05, 0.1) is 0 Å². The van der Waals surface area contributed by atoms with Gasteiger partial charge in [0.25, 0.3) is 0 Å². The van der Waals surface area contributed by atoms with Crippen LogP contribution in [0.25, 0.3) is 16.5 Å². The number of allylic oxidation sites excluding steroid dienone is 2. The Bertz CT molecular complexity index is 582. The molecule has 0 amide bonds. The van der Waals surface area contributed by atoms with Gasteiger partial charge in [-0.1, -0.05) is 32.0 Å². The zero-order valence-electron chi connectivity index (χ0n) is 11.3. The fraction of sp³-hybridized carbons (Fsp3) is 0.312. The summed E-state index contributed by atoms with van der Waals surface area (Å²) >= 11 is 0. The molecule has 94 valence electrons. The van der Waals surface area contributed by atoms with E-state index in [4.69, 9.17) is 4.42 Å². The molecule has 2 aromatic rings. The first-order valence-corrected chi connectivity index (χ1v) is 6.21. The van der Waals surface area contributed by atoms with Crippen LogP contribution in [0.5, 0.6) is 0 Å². The molecule has 0 atom stereocenters. The number of ketones is 1. The van der Waals surface area contributed by atoms with Crippen LogP contribution in [0.1, 0.15) is 33.5 Å².